The van der Waals surface area contributed by atoms with Crippen molar-refractivity contribution in [3.05, 3.63) is 30.6 Å². The van der Waals surface area contributed by atoms with Crippen LogP contribution in [0.5, 0.6) is 0 Å². The summed E-state index contributed by atoms with van der Waals surface area (Å²) in [5.74, 6) is 4.68. The van der Waals surface area contributed by atoms with E-state index in [1.807, 2.05) is 24.4 Å². The first-order valence-electron chi connectivity index (χ1n) is 14.5. The molecule has 0 aliphatic heterocycles. The van der Waals surface area contributed by atoms with Crippen molar-refractivity contribution in [1.29, 1.82) is 0 Å². The normalized spacial score (nSPS) is 41.6. The molecule has 8 saturated carbocycles. The number of carbonyl (C=O) groups excluding carboxylic acids is 2. The molecule has 8 fully saturated rings. The van der Waals surface area contributed by atoms with Crippen LogP contribution in [0.3, 0.4) is 0 Å². The number of nitrogens with one attached hydrogen (secondary N) is 2. The first kappa shape index (κ1) is 21.6. The van der Waals surface area contributed by atoms with Gasteiger partial charge in [-0.25, -0.2) is 0 Å². The molecule has 0 saturated heterocycles. The highest BCUT2D eigenvalue weighted by molar-refractivity contribution is 6.06. The van der Waals surface area contributed by atoms with Gasteiger partial charge in [0.25, 0.3) is 0 Å². The molecule has 2 amide bonds. The van der Waals surface area contributed by atoms with Crippen molar-refractivity contribution in [2.45, 2.75) is 77.0 Å². The third-order valence-electron chi connectivity index (χ3n) is 11.3. The topological polar surface area (TPSA) is 71.1 Å². The molecule has 1 heterocycles. The average molecular weight is 484 g/mol. The number of pyridine rings is 1. The van der Waals surface area contributed by atoms with Crippen LogP contribution in [0.4, 0.5) is 11.4 Å². The van der Waals surface area contributed by atoms with Crippen molar-refractivity contribution in [3.63, 3.8) is 0 Å². The Bertz CT molecular complexity index is 1100. The van der Waals surface area contributed by atoms with E-state index in [9.17, 15) is 9.59 Å². The third-order valence-corrected chi connectivity index (χ3v) is 11.3. The summed E-state index contributed by atoms with van der Waals surface area (Å²) in [6.45, 7) is 0. The van der Waals surface area contributed by atoms with Gasteiger partial charge in [-0.05, 0) is 136 Å². The Morgan fingerprint density at radius 2 is 1.03 bits per heavy atom. The Kier molecular flexibility index (Phi) is 4.54. The second-order valence-electron chi connectivity index (χ2n) is 13.9. The minimum atomic E-state index is -0.222. The largest absolute Gasteiger partial charge is 0.324 e. The standard InChI is InChI=1S/C31H37N3O2/c35-28(30-11-18-3-19(12-30)5-20(4-18)13-30)33-26-9-24-1-2-32-17-25(24)10-27(26)34-29(36)31-14-21-6-22(15-31)8-23(7-21)16-31/h1-2,9-10,17-23H,3-8,11-16H2,(H,33,35)(H,34,36). The molecule has 0 radical (unpaired) electrons. The van der Waals surface area contributed by atoms with Crippen LogP contribution in [0.25, 0.3) is 10.8 Å². The van der Waals surface area contributed by atoms with E-state index in [-0.39, 0.29) is 22.6 Å². The zero-order valence-electron chi connectivity index (χ0n) is 21.1. The van der Waals surface area contributed by atoms with Gasteiger partial charge in [0, 0.05) is 17.8 Å². The van der Waals surface area contributed by atoms with E-state index in [2.05, 4.69) is 15.6 Å². The fourth-order valence-electron chi connectivity index (χ4n) is 10.6. The molecule has 0 unspecified atom stereocenters. The molecule has 1 aromatic carbocycles. The zero-order chi connectivity index (χ0) is 24.1. The van der Waals surface area contributed by atoms with Crippen molar-refractivity contribution in [3.8, 4) is 0 Å². The van der Waals surface area contributed by atoms with Crippen LogP contribution in [-0.4, -0.2) is 16.8 Å². The number of carbonyl (C=O) groups is 2. The predicted molar refractivity (Wildman–Crippen MR) is 140 cm³/mol. The van der Waals surface area contributed by atoms with Crippen molar-refractivity contribution in [2.75, 3.05) is 10.6 Å². The van der Waals surface area contributed by atoms with Gasteiger partial charge in [-0.1, -0.05) is 0 Å². The van der Waals surface area contributed by atoms with Gasteiger partial charge in [-0.15, -0.1) is 0 Å². The van der Waals surface area contributed by atoms with Gasteiger partial charge in [0.1, 0.15) is 0 Å². The number of hydrogen-bond acceptors (Lipinski definition) is 3. The minimum Gasteiger partial charge on any atom is -0.324 e. The Morgan fingerprint density at radius 3 is 1.44 bits per heavy atom. The number of benzene rings is 1. The van der Waals surface area contributed by atoms with Crippen molar-refractivity contribution in [2.24, 2.45) is 46.3 Å². The molecule has 5 heteroatoms. The van der Waals surface area contributed by atoms with Crippen LogP contribution in [0, 0.1) is 46.3 Å². The molecule has 0 spiro atoms. The maximum absolute atomic E-state index is 13.9. The zero-order valence-corrected chi connectivity index (χ0v) is 21.1. The van der Waals surface area contributed by atoms with E-state index in [0.717, 1.165) is 96.2 Å². The van der Waals surface area contributed by atoms with E-state index in [4.69, 9.17) is 0 Å². The number of amides is 2. The Balaban J connectivity index is 1.11. The highest BCUT2D eigenvalue weighted by Crippen LogP contribution is 2.61. The molecule has 10 rings (SSSR count). The maximum atomic E-state index is 13.9. The summed E-state index contributed by atoms with van der Waals surface area (Å²) in [6, 6.07) is 6.06. The molecule has 5 nitrogen and oxygen atoms in total. The molecule has 36 heavy (non-hydrogen) atoms. The van der Waals surface area contributed by atoms with E-state index < -0.39 is 0 Å². The molecule has 8 aliphatic carbocycles. The van der Waals surface area contributed by atoms with Crippen LogP contribution in [-0.2, 0) is 9.59 Å². The van der Waals surface area contributed by atoms with Crippen molar-refractivity contribution in [1.82, 2.24) is 4.98 Å². The quantitative estimate of drug-likeness (QED) is 0.518. The van der Waals surface area contributed by atoms with E-state index in [0.29, 0.717) is 0 Å². The van der Waals surface area contributed by atoms with Crippen molar-refractivity contribution >= 4 is 34.0 Å². The summed E-state index contributed by atoms with van der Waals surface area (Å²) >= 11 is 0. The van der Waals surface area contributed by atoms with Crippen molar-refractivity contribution < 1.29 is 9.59 Å². The minimum absolute atomic E-state index is 0.176. The van der Waals surface area contributed by atoms with Gasteiger partial charge in [-0.2, -0.15) is 0 Å². The van der Waals surface area contributed by atoms with Gasteiger partial charge >= 0.3 is 0 Å². The first-order valence-corrected chi connectivity index (χ1v) is 14.5. The van der Waals surface area contributed by atoms with E-state index in [1.165, 1.54) is 38.5 Å². The molecule has 0 atom stereocenters. The summed E-state index contributed by atoms with van der Waals surface area (Å²) in [4.78, 5) is 32.2. The van der Waals surface area contributed by atoms with Crippen LogP contribution >= 0.6 is 0 Å². The Hall–Kier alpha value is -2.43. The summed E-state index contributed by atoms with van der Waals surface area (Å²) in [7, 11) is 0. The number of rotatable bonds is 4. The summed E-state index contributed by atoms with van der Waals surface area (Å²) in [5.41, 5.74) is 1.06. The number of anilines is 2. The Morgan fingerprint density at radius 1 is 0.639 bits per heavy atom. The van der Waals surface area contributed by atoms with Gasteiger partial charge in [0.2, 0.25) is 11.8 Å². The van der Waals surface area contributed by atoms with Crippen LogP contribution in [0.15, 0.2) is 30.6 Å². The summed E-state index contributed by atoms with van der Waals surface area (Å²) in [5, 5.41) is 8.75. The summed E-state index contributed by atoms with van der Waals surface area (Å²) in [6.07, 6.45) is 17.8. The van der Waals surface area contributed by atoms with E-state index in [1.54, 1.807) is 6.20 Å². The molecular formula is C31H37N3O2. The van der Waals surface area contributed by atoms with E-state index >= 15 is 0 Å². The van der Waals surface area contributed by atoms with Gasteiger partial charge in [0.15, 0.2) is 0 Å². The second kappa shape index (κ2) is 7.55. The second-order valence-corrected chi connectivity index (χ2v) is 13.9. The molecule has 2 aromatic rings. The molecule has 2 N–H and O–H groups in total. The highest BCUT2D eigenvalue weighted by Gasteiger charge is 2.56. The van der Waals surface area contributed by atoms with Crippen LogP contribution < -0.4 is 10.6 Å². The van der Waals surface area contributed by atoms with Gasteiger partial charge in [-0.3, -0.25) is 14.6 Å². The smallest absolute Gasteiger partial charge is 0.230 e. The first-order chi connectivity index (χ1) is 17.5. The lowest BCUT2D eigenvalue weighted by atomic mass is 9.49. The molecule has 8 aliphatic rings. The molecule has 8 bridgehead atoms. The maximum Gasteiger partial charge on any atom is 0.230 e. The fraction of sp³-hybridized carbons (Fsp3) is 0.645. The number of fused-ring (bicyclic) bond motifs is 1. The molecule has 188 valence electrons. The average Bonchev–Trinajstić information content (AvgIpc) is 2.82. The highest BCUT2D eigenvalue weighted by atomic mass is 16.2. The van der Waals surface area contributed by atoms with Crippen LogP contribution in [0.2, 0.25) is 0 Å². The number of nitrogens with zero attached hydrogens (tertiary/aromatic N) is 1. The SMILES string of the molecule is O=C(Nc1cc2ccncc2cc1NC(=O)C12CC3CC(CC(C3)C1)C2)C12CC3CC(CC(C3)C1)C2. The molecular weight excluding hydrogens is 446 g/mol. The lowest BCUT2D eigenvalue weighted by Crippen LogP contribution is -2.52. The Labute approximate surface area is 213 Å². The monoisotopic (exact) mass is 483 g/mol. The molecule has 1 aromatic heterocycles. The van der Waals surface area contributed by atoms with Gasteiger partial charge in [0.05, 0.1) is 22.2 Å². The van der Waals surface area contributed by atoms with Crippen LogP contribution in [0.1, 0.15) is 77.0 Å². The number of aromatic nitrogens is 1. The van der Waals surface area contributed by atoms with Gasteiger partial charge < -0.3 is 10.6 Å². The summed E-state index contributed by atoms with van der Waals surface area (Å²) < 4.78 is 0. The lowest BCUT2D eigenvalue weighted by molar-refractivity contribution is -0.141. The lowest BCUT2D eigenvalue weighted by Gasteiger charge is -2.56. The fourth-order valence-corrected chi connectivity index (χ4v) is 10.6. The number of hydrogen-bond donors (Lipinski definition) is 2. The predicted octanol–water partition coefficient (Wildman–Crippen LogP) is 6.54. The third kappa shape index (κ3) is 3.30.